The monoisotopic (exact) mass is 742 g/mol. The number of fused-ring (bicyclic) bond motifs is 1. The van der Waals surface area contributed by atoms with Crippen molar-refractivity contribution in [2.24, 2.45) is 16.7 Å². The molecular weight excluding hydrogens is 681 g/mol. The average Bonchev–Trinajstić information content (AvgIpc) is 3.51. The Kier molecular flexibility index (Phi) is 12.3. The van der Waals surface area contributed by atoms with E-state index in [-0.39, 0.29) is 28.9 Å². The maximum Gasteiger partial charge on any atom is 0.700 e. The van der Waals surface area contributed by atoms with Crippen LogP contribution in [0.1, 0.15) is 154 Å². The summed E-state index contributed by atoms with van der Waals surface area (Å²) < 4.78 is 33.5. The second kappa shape index (κ2) is 15.8. The van der Waals surface area contributed by atoms with Crippen LogP contribution in [0.4, 0.5) is 0 Å². The van der Waals surface area contributed by atoms with Crippen LogP contribution in [0.5, 0.6) is 0 Å². The normalized spacial score (nSPS) is 24.2. The van der Waals surface area contributed by atoms with Crippen LogP contribution in [-0.4, -0.2) is 71.1 Å². The fourth-order valence-corrected chi connectivity index (χ4v) is 8.53. The molecule has 52 heavy (non-hydrogen) atoms. The number of ether oxygens (including phenoxy) is 1. The molecule has 1 atom stereocenters. The average molecular weight is 743 g/mol. The number of nitrogens with zero attached hydrogens (tertiary/aromatic N) is 3. The molecule has 0 spiro atoms. The van der Waals surface area contributed by atoms with Gasteiger partial charge in [-0.25, -0.2) is 4.98 Å². The van der Waals surface area contributed by atoms with Gasteiger partial charge in [0.1, 0.15) is 12.1 Å². The van der Waals surface area contributed by atoms with Crippen LogP contribution in [0.15, 0.2) is 16.5 Å². The summed E-state index contributed by atoms with van der Waals surface area (Å²) in [6, 6.07) is 4.02. The number of amides is 2. The summed E-state index contributed by atoms with van der Waals surface area (Å²) in [6.07, 6.45) is 8.36. The topological polar surface area (TPSA) is 128 Å². The third-order valence-electron chi connectivity index (χ3n) is 11.7. The zero-order valence-electron chi connectivity index (χ0n) is 33.0. The lowest BCUT2D eigenvalue weighted by atomic mass is 9.71. The lowest BCUT2D eigenvalue weighted by Gasteiger charge is -2.48. The van der Waals surface area contributed by atoms with E-state index >= 15 is 0 Å². The van der Waals surface area contributed by atoms with Crippen molar-refractivity contribution in [2.75, 3.05) is 33.0 Å². The van der Waals surface area contributed by atoms with Crippen LogP contribution in [0, 0.1) is 16.7 Å². The molecule has 3 aliphatic rings. The van der Waals surface area contributed by atoms with Crippen LogP contribution < -0.4 is 0 Å². The van der Waals surface area contributed by atoms with Gasteiger partial charge in [0.25, 0.3) is 5.91 Å². The van der Waals surface area contributed by atoms with Crippen LogP contribution in [0.25, 0.3) is 11.1 Å². The number of furan rings is 1. The van der Waals surface area contributed by atoms with Crippen molar-refractivity contribution < 1.29 is 37.2 Å². The van der Waals surface area contributed by atoms with Gasteiger partial charge in [-0.05, 0) is 95.5 Å². The van der Waals surface area contributed by atoms with Crippen molar-refractivity contribution >= 4 is 37.1 Å². The number of unbranched alkanes of at least 4 members (excludes halogenated alkanes) is 1. The first-order valence-electron chi connectivity index (χ1n) is 19.3. The standard InChI is InChI=1S/C40H61N3O8P/c1-10-11-22-49-52(47)50-26-48-36(46)40(9)18-14-28(15-19-40)34(44)42-20-21-43(39(7,8)25-42)35(45)32-24-31-33(51-32)29(37(2,3)4)23-30(41-31)27-12-16-38(5,6)17-13-27/h23-24,27-28H,10-22,25-26H2,1-9H3/q+1. The van der Waals surface area contributed by atoms with Gasteiger partial charge >= 0.3 is 14.2 Å². The molecule has 2 amide bonds. The highest BCUT2D eigenvalue weighted by Gasteiger charge is 2.45. The van der Waals surface area contributed by atoms with Gasteiger partial charge in [0, 0.05) is 53.4 Å². The third-order valence-corrected chi connectivity index (χ3v) is 12.4. The number of hydrogen-bond donors (Lipinski definition) is 0. The van der Waals surface area contributed by atoms with Crippen molar-refractivity contribution in [1.82, 2.24) is 14.8 Å². The van der Waals surface area contributed by atoms with Gasteiger partial charge in [-0.3, -0.25) is 14.4 Å². The smallest absolute Gasteiger partial charge is 0.449 e. The summed E-state index contributed by atoms with van der Waals surface area (Å²) in [5, 5.41) is 0. The molecule has 3 fully saturated rings. The first-order valence-corrected chi connectivity index (χ1v) is 20.4. The minimum atomic E-state index is -2.34. The maximum atomic E-state index is 14.1. The molecule has 0 bridgehead atoms. The summed E-state index contributed by atoms with van der Waals surface area (Å²) in [5.41, 5.74) is 2.37. The third kappa shape index (κ3) is 9.25. The van der Waals surface area contributed by atoms with E-state index in [1.807, 2.05) is 43.6 Å². The highest BCUT2D eigenvalue weighted by atomic mass is 31.1. The molecule has 2 aromatic rings. The molecule has 2 aliphatic carbocycles. The zero-order chi connectivity index (χ0) is 38.1. The van der Waals surface area contributed by atoms with Gasteiger partial charge in [0.05, 0.1) is 11.0 Å². The van der Waals surface area contributed by atoms with Gasteiger partial charge in [-0.1, -0.05) is 52.5 Å². The van der Waals surface area contributed by atoms with Crippen LogP contribution in [-0.2, 0) is 33.4 Å². The van der Waals surface area contributed by atoms with E-state index < -0.39 is 32.0 Å². The summed E-state index contributed by atoms with van der Waals surface area (Å²) >= 11 is 0. The fourth-order valence-electron chi connectivity index (χ4n) is 8.04. The first-order chi connectivity index (χ1) is 24.3. The molecule has 0 aromatic carbocycles. The lowest BCUT2D eigenvalue weighted by molar-refractivity contribution is -0.165. The number of carbonyl (C=O) groups excluding carboxylic acids is 3. The minimum absolute atomic E-state index is 0.0570. The number of carbonyl (C=O) groups is 3. The van der Waals surface area contributed by atoms with E-state index in [2.05, 4.69) is 40.7 Å². The van der Waals surface area contributed by atoms with E-state index in [1.165, 1.54) is 12.8 Å². The minimum Gasteiger partial charge on any atom is -0.449 e. The van der Waals surface area contributed by atoms with E-state index in [4.69, 9.17) is 23.2 Å². The molecule has 1 unspecified atom stereocenters. The predicted octanol–water partition coefficient (Wildman–Crippen LogP) is 9.06. The quantitative estimate of drug-likeness (QED) is 0.0959. The number of rotatable bonds is 11. The molecular formula is C40H61N3O8P+. The van der Waals surface area contributed by atoms with Crippen molar-refractivity contribution in [3.05, 3.63) is 29.2 Å². The fraction of sp³-hybridized carbons (Fsp3) is 0.750. The lowest BCUT2D eigenvalue weighted by Crippen LogP contribution is -2.62. The second-order valence-electron chi connectivity index (χ2n) is 18.1. The van der Waals surface area contributed by atoms with E-state index in [1.54, 1.807) is 0 Å². The Balaban J connectivity index is 1.19. The zero-order valence-corrected chi connectivity index (χ0v) is 33.9. The number of esters is 1. The molecule has 1 saturated heterocycles. The van der Waals surface area contributed by atoms with E-state index in [0.29, 0.717) is 68.8 Å². The largest absolute Gasteiger partial charge is 0.700 e. The Morgan fingerprint density at radius 2 is 1.63 bits per heavy atom. The SMILES string of the molecule is CCCCO[P+](=O)OCOC(=O)C1(C)CCC(C(=O)N2CCN(C(=O)c3cc4nc(C5CCC(C)(C)CC5)cc(C(C)(C)C)c4o3)C(C)(C)C2)CC1. The Bertz CT molecular complexity index is 1620. The number of piperazine rings is 1. The molecule has 2 saturated carbocycles. The summed E-state index contributed by atoms with van der Waals surface area (Å²) in [6.45, 7) is 20.1. The van der Waals surface area contributed by atoms with Crippen molar-refractivity contribution in [3.8, 4) is 0 Å². The molecule has 288 valence electrons. The summed E-state index contributed by atoms with van der Waals surface area (Å²) in [5.74, 6) is -0.0862. The number of pyridine rings is 1. The van der Waals surface area contributed by atoms with Gasteiger partial charge in [-0.15, -0.1) is 4.52 Å². The second-order valence-corrected chi connectivity index (χ2v) is 19.0. The van der Waals surface area contributed by atoms with Gasteiger partial charge in [-0.2, -0.15) is 0 Å². The molecule has 12 heteroatoms. The Labute approximate surface area is 310 Å². The highest BCUT2D eigenvalue weighted by Crippen LogP contribution is 2.44. The van der Waals surface area contributed by atoms with Gasteiger partial charge in [0.2, 0.25) is 12.7 Å². The molecule has 2 aromatic heterocycles. The Morgan fingerprint density at radius 3 is 2.25 bits per heavy atom. The van der Waals surface area contributed by atoms with Crippen molar-refractivity contribution in [3.63, 3.8) is 0 Å². The van der Waals surface area contributed by atoms with Crippen molar-refractivity contribution in [2.45, 2.75) is 143 Å². The Morgan fingerprint density at radius 1 is 0.962 bits per heavy atom. The summed E-state index contributed by atoms with van der Waals surface area (Å²) in [4.78, 5) is 49.6. The number of hydrogen-bond acceptors (Lipinski definition) is 9. The van der Waals surface area contributed by atoms with Gasteiger partial charge < -0.3 is 19.0 Å². The number of aromatic nitrogens is 1. The van der Waals surface area contributed by atoms with E-state index in [9.17, 15) is 18.9 Å². The first kappa shape index (κ1) is 40.3. The van der Waals surface area contributed by atoms with Gasteiger partial charge in [0.15, 0.2) is 11.3 Å². The summed E-state index contributed by atoms with van der Waals surface area (Å²) in [7, 11) is -2.34. The predicted molar refractivity (Wildman–Crippen MR) is 200 cm³/mol. The molecule has 3 heterocycles. The van der Waals surface area contributed by atoms with Crippen molar-refractivity contribution in [1.29, 1.82) is 0 Å². The van der Waals surface area contributed by atoms with E-state index in [0.717, 1.165) is 42.5 Å². The highest BCUT2D eigenvalue weighted by molar-refractivity contribution is 7.33. The maximum absolute atomic E-state index is 14.1. The Hall–Kier alpha value is -2.88. The molecule has 5 rings (SSSR count). The van der Waals surface area contributed by atoms with Crippen LogP contribution in [0.3, 0.4) is 0 Å². The molecule has 1 aliphatic heterocycles. The molecule has 0 N–H and O–H groups in total. The van der Waals surface area contributed by atoms with Crippen LogP contribution >= 0.6 is 8.25 Å². The van der Waals surface area contributed by atoms with Crippen LogP contribution in [0.2, 0.25) is 0 Å². The molecule has 11 nitrogen and oxygen atoms in total. The molecule has 0 radical (unpaired) electrons.